The molecule has 2 aliphatic heterocycles. The molecule has 2 N–H and O–H groups in total. The highest BCUT2D eigenvalue weighted by Crippen LogP contribution is 2.34. The lowest BCUT2D eigenvalue weighted by molar-refractivity contribution is -0.186. The molecular weight excluding hydrogens is 355 g/mol. The predicted octanol–water partition coefficient (Wildman–Crippen LogP) is 0.518. The lowest BCUT2D eigenvalue weighted by atomic mass is 9.96. The Labute approximate surface area is 146 Å². The fourth-order valence-electron chi connectivity index (χ4n) is 3.42. The molecule has 2 aliphatic rings. The summed E-state index contributed by atoms with van der Waals surface area (Å²) < 4.78 is 39.6. The molecular formula is C15H18F3N5O3. The largest absolute Gasteiger partial charge is 0.391 e. The highest BCUT2D eigenvalue weighted by molar-refractivity contribution is 6.03. The highest BCUT2D eigenvalue weighted by atomic mass is 19.4. The Balaban J connectivity index is 1.72. The van der Waals surface area contributed by atoms with Crippen molar-refractivity contribution in [3.05, 3.63) is 11.9 Å². The number of nitrogens with zero attached hydrogens (tertiary/aromatic N) is 4. The summed E-state index contributed by atoms with van der Waals surface area (Å²) in [5.74, 6) is -2.90. The quantitative estimate of drug-likeness (QED) is 0.834. The molecule has 0 aliphatic carbocycles. The number of hydrogen-bond donors (Lipinski definition) is 1. The molecule has 26 heavy (non-hydrogen) atoms. The van der Waals surface area contributed by atoms with Crippen LogP contribution in [0.2, 0.25) is 0 Å². The van der Waals surface area contributed by atoms with Crippen LogP contribution in [0.15, 0.2) is 6.20 Å². The predicted molar refractivity (Wildman–Crippen MR) is 83.1 cm³/mol. The number of imidazole rings is 1. The van der Waals surface area contributed by atoms with Gasteiger partial charge in [0.15, 0.2) is 0 Å². The molecule has 0 aromatic carbocycles. The van der Waals surface area contributed by atoms with Gasteiger partial charge in [-0.05, 0) is 19.8 Å². The molecule has 1 aromatic heterocycles. The third-order valence-corrected chi connectivity index (χ3v) is 4.88. The standard InChI is InChI=1S/C15H18F3N5O3/c1-8(13(26)21-4-2-9(3-5-21)15(16,17)18)23-11(24)7-22-10(12(19)25)6-20-14(22)23/h6,8-9H,2-5,7H2,1H3,(H2,19,25)/t8-/m0/s1. The smallest absolute Gasteiger partial charge is 0.364 e. The van der Waals surface area contributed by atoms with Gasteiger partial charge in [0.25, 0.3) is 5.91 Å². The zero-order valence-electron chi connectivity index (χ0n) is 14.0. The molecule has 3 rings (SSSR count). The number of primary amides is 1. The molecule has 0 radical (unpaired) electrons. The SMILES string of the molecule is C[C@@H](C(=O)N1CCC(C(F)(F)F)CC1)N1C(=O)Cn2c(C(N)=O)cnc21. The van der Waals surface area contributed by atoms with Crippen molar-refractivity contribution < 1.29 is 27.6 Å². The summed E-state index contributed by atoms with van der Waals surface area (Å²) in [6.07, 6.45) is -3.35. The minimum atomic E-state index is -4.26. The van der Waals surface area contributed by atoms with E-state index in [9.17, 15) is 27.6 Å². The van der Waals surface area contributed by atoms with Crippen LogP contribution in [0.3, 0.4) is 0 Å². The van der Waals surface area contributed by atoms with Crippen molar-refractivity contribution in [2.75, 3.05) is 18.0 Å². The number of anilines is 1. The van der Waals surface area contributed by atoms with E-state index in [1.54, 1.807) is 0 Å². The lowest BCUT2D eigenvalue weighted by Gasteiger charge is -2.35. The van der Waals surface area contributed by atoms with Gasteiger partial charge in [-0.3, -0.25) is 23.9 Å². The minimum Gasteiger partial charge on any atom is -0.364 e. The van der Waals surface area contributed by atoms with Crippen LogP contribution < -0.4 is 10.6 Å². The van der Waals surface area contributed by atoms with Crippen LogP contribution in [-0.2, 0) is 16.1 Å². The van der Waals surface area contributed by atoms with Gasteiger partial charge >= 0.3 is 6.18 Å². The second kappa shape index (κ2) is 6.29. The number of carbonyl (C=O) groups is 3. The van der Waals surface area contributed by atoms with Crippen LogP contribution in [0.1, 0.15) is 30.3 Å². The number of hydrogen-bond acceptors (Lipinski definition) is 4. The second-order valence-electron chi connectivity index (χ2n) is 6.47. The van der Waals surface area contributed by atoms with Gasteiger partial charge in [0.2, 0.25) is 17.8 Å². The van der Waals surface area contributed by atoms with Crippen LogP contribution in [0, 0.1) is 5.92 Å². The van der Waals surface area contributed by atoms with E-state index in [-0.39, 0.29) is 44.1 Å². The molecule has 1 saturated heterocycles. The molecule has 1 atom stereocenters. The van der Waals surface area contributed by atoms with Crippen molar-refractivity contribution in [2.24, 2.45) is 11.7 Å². The summed E-state index contributed by atoms with van der Waals surface area (Å²) in [5, 5.41) is 0. The summed E-state index contributed by atoms with van der Waals surface area (Å²) in [6, 6.07) is -0.936. The minimum absolute atomic E-state index is 0.0175. The molecule has 0 saturated carbocycles. The zero-order valence-corrected chi connectivity index (χ0v) is 14.0. The molecule has 11 heteroatoms. The van der Waals surface area contributed by atoms with Crippen molar-refractivity contribution in [1.82, 2.24) is 14.5 Å². The van der Waals surface area contributed by atoms with Gasteiger partial charge in [-0.25, -0.2) is 4.98 Å². The Morgan fingerprint density at radius 1 is 1.31 bits per heavy atom. The zero-order chi connectivity index (χ0) is 19.2. The van der Waals surface area contributed by atoms with Gasteiger partial charge < -0.3 is 10.6 Å². The van der Waals surface area contributed by atoms with Gasteiger partial charge in [-0.2, -0.15) is 13.2 Å². The number of halogens is 3. The molecule has 0 spiro atoms. The number of rotatable bonds is 3. The van der Waals surface area contributed by atoms with E-state index in [1.165, 1.54) is 22.6 Å². The van der Waals surface area contributed by atoms with Gasteiger partial charge in [-0.15, -0.1) is 0 Å². The molecule has 1 fully saturated rings. The Bertz CT molecular complexity index is 752. The summed E-state index contributed by atoms with van der Waals surface area (Å²) >= 11 is 0. The average molecular weight is 373 g/mol. The number of likely N-dealkylation sites (tertiary alicyclic amines) is 1. The summed E-state index contributed by atoms with van der Waals surface area (Å²) in [7, 11) is 0. The number of piperidine rings is 1. The Morgan fingerprint density at radius 3 is 2.46 bits per heavy atom. The third kappa shape index (κ3) is 3.01. The van der Waals surface area contributed by atoms with E-state index in [0.29, 0.717) is 0 Å². The molecule has 142 valence electrons. The van der Waals surface area contributed by atoms with Gasteiger partial charge in [0.1, 0.15) is 18.3 Å². The van der Waals surface area contributed by atoms with E-state index in [4.69, 9.17) is 5.73 Å². The van der Waals surface area contributed by atoms with Crippen LogP contribution >= 0.6 is 0 Å². The molecule has 1 aromatic rings. The van der Waals surface area contributed by atoms with E-state index in [0.717, 1.165) is 4.90 Å². The van der Waals surface area contributed by atoms with Gasteiger partial charge in [-0.1, -0.05) is 0 Å². The Kier molecular flexibility index (Phi) is 4.41. The topological polar surface area (TPSA) is 102 Å². The van der Waals surface area contributed by atoms with E-state index < -0.39 is 35.9 Å². The first-order valence-corrected chi connectivity index (χ1v) is 8.14. The Morgan fingerprint density at radius 2 is 1.92 bits per heavy atom. The average Bonchev–Trinajstić information content (AvgIpc) is 3.10. The summed E-state index contributed by atoms with van der Waals surface area (Å²) in [6.45, 7) is 1.29. The molecule has 0 bridgehead atoms. The Hall–Kier alpha value is -2.59. The molecule has 3 amide bonds. The first-order chi connectivity index (χ1) is 12.1. The van der Waals surface area contributed by atoms with Crippen molar-refractivity contribution >= 4 is 23.7 Å². The maximum atomic E-state index is 12.8. The van der Waals surface area contributed by atoms with Crippen LogP contribution in [-0.4, -0.2) is 57.5 Å². The van der Waals surface area contributed by atoms with Crippen molar-refractivity contribution in [3.63, 3.8) is 0 Å². The van der Waals surface area contributed by atoms with E-state index >= 15 is 0 Å². The lowest BCUT2D eigenvalue weighted by Crippen LogP contribution is -2.51. The third-order valence-electron chi connectivity index (χ3n) is 4.88. The van der Waals surface area contributed by atoms with E-state index in [2.05, 4.69) is 4.98 Å². The maximum absolute atomic E-state index is 12.8. The number of aromatic nitrogens is 2. The van der Waals surface area contributed by atoms with Crippen molar-refractivity contribution in [2.45, 2.75) is 38.5 Å². The normalized spacial score (nSPS) is 19.6. The van der Waals surface area contributed by atoms with E-state index in [1.807, 2.05) is 0 Å². The monoisotopic (exact) mass is 373 g/mol. The van der Waals surface area contributed by atoms with Crippen LogP contribution in [0.25, 0.3) is 0 Å². The van der Waals surface area contributed by atoms with Crippen LogP contribution in [0.5, 0.6) is 0 Å². The van der Waals surface area contributed by atoms with Crippen molar-refractivity contribution in [3.8, 4) is 0 Å². The summed E-state index contributed by atoms with van der Waals surface area (Å²) in [5.41, 5.74) is 5.28. The number of carbonyl (C=O) groups excluding carboxylic acids is 3. The fraction of sp³-hybridized carbons (Fsp3) is 0.600. The number of amides is 3. The molecule has 0 unspecified atom stereocenters. The summed E-state index contributed by atoms with van der Waals surface area (Å²) in [4.78, 5) is 42.8. The van der Waals surface area contributed by atoms with Gasteiger partial charge in [0.05, 0.1) is 12.1 Å². The number of nitrogens with two attached hydrogens (primary N) is 1. The van der Waals surface area contributed by atoms with Crippen molar-refractivity contribution in [1.29, 1.82) is 0 Å². The fourth-order valence-corrected chi connectivity index (χ4v) is 3.42. The molecule has 8 nitrogen and oxygen atoms in total. The first kappa shape index (κ1) is 18.2. The maximum Gasteiger partial charge on any atom is 0.391 e. The number of alkyl halides is 3. The first-order valence-electron chi connectivity index (χ1n) is 8.14. The van der Waals surface area contributed by atoms with Crippen LogP contribution in [0.4, 0.5) is 19.1 Å². The second-order valence-corrected chi connectivity index (χ2v) is 6.47. The molecule has 3 heterocycles. The van der Waals surface area contributed by atoms with Gasteiger partial charge in [0, 0.05) is 13.1 Å². The number of fused-ring (bicyclic) bond motifs is 1. The highest BCUT2D eigenvalue weighted by Gasteiger charge is 2.44.